The summed E-state index contributed by atoms with van der Waals surface area (Å²) in [6.45, 7) is 4.49. The quantitative estimate of drug-likeness (QED) is 0.450. The van der Waals surface area contributed by atoms with Crippen LogP contribution in [-0.4, -0.2) is 40.5 Å². The molecule has 1 aromatic heterocycles. The van der Waals surface area contributed by atoms with E-state index >= 15 is 0 Å². The van der Waals surface area contributed by atoms with E-state index in [4.69, 9.17) is 11.5 Å². The van der Waals surface area contributed by atoms with Crippen LogP contribution in [0, 0.1) is 5.82 Å². The van der Waals surface area contributed by atoms with Crippen LogP contribution in [0.25, 0.3) is 0 Å². The average molecular weight is 416 g/mol. The number of hydrogen-bond acceptors (Lipinski definition) is 6. The van der Waals surface area contributed by atoms with Crippen LogP contribution in [0.15, 0.2) is 36.4 Å². The van der Waals surface area contributed by atoms with E-state index in [9.17, 15) is 18.8 Å². The smallest absolute Gasteiger partial charge is 0.272 e. The zero-order valence-corrected chi connectivity index (χ0v) is 16.8. The lowest BCUT2D eigenvalue weighted by atomic mass is 9.84. The molecule has 0 aliphatic heterocycles. The summed E-state index contributed by atoms with van der Waals surface area (Å²) in [5, 5.41) is 13.4. The molecule has 10 heteroatoms. The third-order valence-electron chi connectivity index (χ3n) is 4.56. The number of nitrogens with zero attached hydrogens (tertiary/aromatic N) is 2. The van der Waals surface area contributed by atoms with Gasteiger partial charge in [-0.25, -0.2) is 4.39 Å². The van der Waals surface area contributed by atoms with Crippen LogP contribution in [0.5, 0.6) is 0 Å². The van der Waals surface area contributed by atoms with Crippen LogP contribution in [0.3, 0.4) is 0 Å². The molecule has 30 heavy (non-hydrogen) atoms. The summed E-state index contributed by atoms with van der Waals surface area (Å²) < 4.78 is 13.1. The van der Waals surface area contributed by atoms with E-state index in [0.29, 0.717) is 12.4 Å². The molecule has 0 saturated carbocycles. The molecule has 1 heterocycles. The van der Waals surface area contributed by atoms with Crippen LogP contribution in [0.4, 0.5) is 10.2 Å². The van der Waals surface area contributed by atoms with Crippen molar-refractivity contribution >= 4 is 23.5 Å². The van der Waals surface area contributed by atoms with Gasteiger partial charge >= 0.3 is 0 Å². The molecular weight excluding hydrogens is 391 g/mol. The van der Waals surface area contributed by atoms with Gasteiger partial charge in [-0.2, -0.15) is 0 Å². The fourth-order valence-corrected chi connectivity index (χ4v) is 2.67. The molecule has 0 aliphatic carbocycles. The molecule has 0 aliphatic rings. The molecular formula is C20H25FN6O3. The summed E-state index contributed by atoms with van der Waals surface area (Å²) in [4.78, 5) is 34.6. The van der Waals surface area contributed by atoms with Gasteiger partial charge in [-0.05, 0) is 36.2 Å². The van der Waals surface area contributed by atoms with Crippen molar-refractivity contribution in [3.8, 4) is 0 Å². The SMILES string of the molecule is CC(C)(CNc1ccc(C(=O)NC(CCC(N)=O)C(N)=O)nn1)c1ccc(F)cc1. The van der Waals surface area contributed by atoms with Gasteiger partial charge in [0.1, 0.15) is 17.7 Å². The molecule has 0 fully saturated rings. The first-order valence-electron chi connectivity index (χ1n) is 9.30. The van der Waals surface area contributed by atoms with Crippen molar-refractivity contribution < 1.29 is 18.8 Å². The zero-order chi connectivity index (χ0) is 22.3. The first-order valence-corrected chi connectivity index (χ1v) is 9.30. The fourth-order valence-electron chi connectivity index (χ4n) is 2.67. The first-order chi connectivity index (χ1) is 14.1. The van der Waals surface area contributed by atoms with Gasteiger partial charge in [0.2, 0.25) is 11.8 Å². The minimum atomic E-state index is -1.04. The summed E-state index contributed by atoms with van der Waals surface area (Å²) in [6.07, 6.45) is -0.0891. The Hall–Kier alpha value is -3.56. The maximum absolute atomic E-state index is 13.1. The number of nitrogens with one attached hydrogen (secondary N) is 2. The molecule has 1 unspecified atom stereocenters. The number of halogens is 1. The van der Waals surface area contributed by atoms with Crippen molar-refractivity contribution in [2.24, 2.45) is 11.5 Å². The van der Waals surface area contributed by atoms with Crippen LogP contribution in [-0.2, 0) is 15.0 Å². The van der Waals surface area contributed by atoms with Gasteiger partial charge in [0.05, 0.1) is 0 Å². The first kappa shape index (κ1) is 22.7. The summed E-state index contributed by atoms with van der Waals surface area (Å²) in [6, 6.07) is 8.25. The summed E-state index contributed by atoms with van der Waals surface area (Å²) in [5.74, 6) is -1.88. The van der Waals surface area contributed by atoms with Crippen molar-refractivity contribution in [3.05, 3.63) is 53.5 Å². The summed E-state index contributed by atoms with van der Waals surface area (Å²) in [5.41, 5.74) is 10.9. The van der Waals surface area contributed by atoms with Crippen molar-refractivity contribution in [1.82, 2.24) is 15.5 Å². The zero-order valence-electron chi connectivity index (χ0n) is 16.8. The van der Waals surface area contributed by atoms with Gasteiger partial charge in [0.15, 0.2) is 5.69 Å². The number of rotatable bonds is 10. The Morgan fingerprint density at radius 3 is 2.27 bits per heavy atom. The van der Waals surface area contributed by atoms with E-state index in [2.05, 4.69) is 20.8 Å². The fraction of sp³-hybridized carbons (Fsp3) is 0.350. The number of amides is 3. The van der Waals surface area contributed by atoms with Gasteiger partial charge in [0, 0.05) is 18.4 Å². The maximum Gasteiger partial charge on any atom is 0.272 e. The van der Waals surface area contributed by atoms with Gasteiger partial charge in [-0.15, -0.1) is 10.2 Å². The Balaban J connectivity index is 1.96. The molecule has 6 N–H and O–H groups in total. The largest absolute Gasteiger partial charge is 0.370 e. The van der Waals surface area contributed by atoms with Gasteiger partial charge in [-0.3, -0.25) is 14.4 Å². The number of hydrogen-bond donors (Lipinski definition) is 4. The van der Waals surface area contributed by atoms with E-state index in [0.717, 1.165) is 5.56 Å². The third-order valence-corrected chi connectivity index (χ3v) is 4.56. The average Bonchev–Trinajstić information content (AvgIpc) is 2.69. The monoisotopic (exact) mass is 416 g/mol. The van der Waals surface area contributed by atoms with Gasteiger partial charge < -0.3 is 22.1 Å². The Kier molecular flexibility index (Phi) is 7.40. The Labute approximate surface area is 173 Å². The summed E-state index contributed by atoms with van der Waals surface area (Å²) in [7, 11) is 0. The molecule has 2 aromatic rings. The molecule has 9 nitrogen and oxygen atoms in total. The van der Waals surface area contributed by atoms with E-state index in [1.807, 2.05) is 13.8 Å². The molecule has 3 amide bonds. The van der Waals surface area contributed by atoms with Gasteiger partial charge in [-0.1, -0.05) is 26.0 Å². The lowest BCUT2D eigenvalue weighted by Gasteiger charge is -2.25. The Morgan fingerprint density at radius 1 is 1.07 bits per heavy atom. The second kappa shape index (κ2) is 9.77. The lowest BCUT2D eigenvalue weighted by Crippen LogP contribution is -2.45. The summed E-state index contributed by atoms with van der Waals surface area (Å²) >= 11 is 0. The van der Waals surface area contributed by atoms with Crippen LogP contribution >= 0.6 is 0 Å². The van der Waals surface area contributed by atoms with Crippen molar-refractivity contribution in [3.63, 3.8) is 0 Å². The molecule has 2 rings (SSSR count). The lowest BCUT2D eigenvalue weighted by molar-refractivity contribution is -0.120. The van der Waals surface area contributed by atoms with E-state index in [1.54, 1.807) is 18.2 Å². The number of carbonyl (C=O) groups excluding carboxylic acids is 3. The molecule has 0 saturated heterocycles. The number of aromatic nitrogens is 2. The number of carbonyl (C=O) groups is 3. The highest BCUT2D eigenvalue weighted by atomic mass is 19.1. The highest BCUT2D eigenvalue weighted by Crippen LogP contribution is 2.23. The number of nitrogens with two attached hydrogens (primary N) is 2. The molecule has 160 valence electrons. The molecule has 1 aromatic carbocycles. The molecule has 0 radical (unpaired) electrons. The van der Waals surface area contributed by atoms with Crippen LogP contribution in [0.1, 0.15) is 42.7 Å². The van der Waals surface area contributed by atoms with Crippen molar-refractivity contribution in [2.75, 3.05) is 11.9 Å². The Bertz CT molecular complexity index is 900. The van der Waals surface area contributed by atoms with Crippen LogP contribution < -0.4 is 22.1 Å². The second-order valence-electron chi connectivity index (χ2n) is 7.48. The van der Waals surface area contributed by atoms with E-state index < -0.39 is 23.8 Å². The number of anilines is 1. The van der Waals surface area contributed by atoms with Crippen molar-refractivity contribution in [2.45, 2.75) is 38.1 Å². The third kappa shape index (κ3) is 6.50. The van der Waals surface area contributed by atoms with Crippen molar-refractivity contribution in [1.29, 1.82) is 0 Å². The number of primary amides is 2. The highest BCUT2D eigenvalue weighted by Gasteiger charge is 2.22. The van der Waals surface area contributed by atoms with Gasteiger partial charge in [0.25, 0.3) is 5.91 Å². The van der Waals surface area contributed by atoms with Crippen LogP contribution in [0.2, 0.25) is 0 Å². The predicted octanol–water partition coefficient (Wildman–Crippen LogP) is 0.855. The minimum absolute atomic E-state index is 0.00193. The molecule has 0 bridgehead atoms. The topological polar surface area (TPSA) is 153 Å². The normalized spacial score (nSPS) is 12.1. The second-order valence-corrected chi connectivity index (χ2v) is 7.48. The molecule has 1 atom stereocenters. The number of benzene rings is 1. The minimum Gasteiger partial charge on any atom is -0.370 e. The maximum atomic E-state index is 13.1. The Morgan fingerprint density at radius 2 is 1.73 bits per heavy atom. The highest BCUT2D eigenvalue weighted by molar-refractivity contribution is 5.95. The predicted molar refractivity (Wildman–Crippen MR) is 109 cm³/mol. The standard InChI is InChI=1S/C20H25FN6O3/c1-20(2,12-3-5-13(21)6-4-12)11-24-17-10-8-15(26-27-17)19(30)25-14(18(23)29)7-9-16(22)28/h3-6,8,10,14H,7,9,11H2,1-2H3,(H2,22,28)(H2,23,29)(H,24,27)(H,25,30). The van der Waals surface area contributed by atoms with E-state index in [1.165, 1.54) is 18.2 Å². The van der Waals surface area contributed by atoms with E-state index in [-0.39, 0.29) is 29.8 Å². The molecule has 0 spiro atoms.